The molecule has 0 saturated carbocycles. The van der Waals surface area contributed by atoms with Crippen LogP contribution in [0, 0.1) is 0 Å². The second-order valence-electron chi connectivity index (χ2n) is 6.76. The summed E-state index contributed by atoms with van der Waals surface area (Å²) in [5.41, 5.74) is 21.6. The molecule has 14 heteroatoms. The van der Waals surface area contributed by atoms with Gasteiger partial charge in [0, 0.05) is 6.54 Å². The van der Waals surface area contributed by atoms with Gasteiger partial charge in [-0.15, -0.1) is 0 Å². The summed E-state index contributed by atoms with van der Waals surface area (Å²) in [4.78, 5) is 51.3. The minimum atomic E-state index is -1.53. The largest absolute Gasteiger partial charge is 0.480 e. The Morgan fingerprint density at radius 1 is 0.935 bits per heavy atom. The molecule has 0 aromatic heterocycles. The maximum atomic E-state index is 12.4. The van der Waals surface area contributed by atoms with Crippen LogP contribution < -0.4 is 38.9 Å². The Hall–Kier alpha value is -2.97. The summed E-state index contributed by atoms with van der Waals surface area (Å²) in [5, 5.41) is 24.9. The van der Waals surface area contributed by atoms with Gasteiger partial charge in [-0.2, -0.15) is 0 Å². The van der Waals surface area contributed by atoms with E-state index in [1.807, 2.05) is 0 Å². The number of aliphatic hydroxyl groups is 1. The summed E-state index contributed by atoms with van der Waals surface area (Å²) in [6.45, 7) is -0.585. The van der Waals surface area contributed by atoms with Gasteiger partial charge in [-0.05, 0) is 32.2 Å². The second-order valence-corrected chi connectivity index (χ2v) is 6.76. The third-order valence-corrected chi connectivity index (χ3v) is 4.12. The first-order chi connectivity index (χ1) is 14.6. The van der Waals surface area contributed by atoms with E-state index in [1.165, 1.54) is 0 Å². The molecule has 0 rings (SSSR count). The van der Waals surface area contributed by atoms with Gasteiger partial charge in [0.2, 0.25) is 17.7 Å². The number of nitrogens with zero attached hydrogens (tertiary/aromatic N) is 1. The first-order valence-corrected chi connectivity index (χ1v) is 9.84. The summed E-state index contributed by atoms with van der Waals surface area (Å²) in [6, 6.07) is -3.46. The molecule has 0 bridgehead atoms. The van der Waals surface area contributed by atoms with Crippen LogP contribution in [0.25, 0.3) is 0 Å². The van der Waals surface area contributed by atoms with E-state index in [9.17, 15) is 19.2 Å². The zero-order valence-electron chi connectivity index (χ0n) is 17.4. The number of aliphatic hydroxyl groups excluding tert-OH is 1. The Kier molecular flexibility index (Phi) is 14.3. The molecule has 0 heterocycles. The van der Waals surface area contributed by atoms with Crippen LogP contribution in [0.15, 0.2) is 4.99 Å². The summed E-state index contributed by atoms with van der Waals surface area (Å²) in [5.74, 6) is -3.59. The normalized spacial score (nSPS) is 13.4. The highest BCUT2D eigenvalue weighted by Crippen LogP contribution is 2.01. The molecule has 3 atom stereocenters. The lowest BCUT2D eigenvalue weighted by Gasteiger charge is -2.21. The van der Waals surface area contributed by atoms with Crippen molar-refractivity contribution >= 4 is 29.7 Å². The molecule has 13 N–H and O–H groups in total. The predicted molar refractivity (Wildman–Crippen MR) is 112 cm³/mol. The van der Waals surface area contributed by atoms with Crippen LogP contribution in [0.5, 0.6) is 0 Å². The summed E-state index contributed by atoms with van der Waals surface area (Å²) in [7, 11) is 0. The molecule has 14 nitrogen and oxygen atoms in total. The number of nitrogens with two attached hydrogens (primary N) is 4. The standard InChI is InChI=1S/C17H34N8O6/c18-6-2-1-4-10(19)14(28)23-8-13(27)24-11(5-3-7-22-17(20)21)15(29)25-12(9-26)16(30)31/h10-12,26H,1-9,18-19H2,(H,23,28)(H,24,27)(H,25,29)(H,30,31)(H4,20,21,22). The number of nitrogens with one attached hydrogen (secondary N) is 3. The molecule has 0 saturated heterocycles. The van der Waals surface area contributed by atoms with Gasteiger partial charge in [-0.1, -0.05) is 6.42 Å². The number of carbonyl (C=O) groups is 4. The molecule has 0 aromatic carbocycles. The molecular weight excluding hydrogens is 412 g/mol. The van der Waals surface area contributed by atoms with E-state index >= 15 is 0 Å². The van der Waals surface area contributed by atoms with Crippen molar-refractivity contribution < 1.29 is 29.4 Å². The molecule has 3 amide bonds. The summed E-state index contributed by atoms with van der Waals surface area (Å²) >= 11 is 0. The molecule has 3 unspecified atom stereocenters. The van der Waals surface area contributed by atoms with Crippen molar-refractivity contribution in [3.63, 3.8) is 0 Å². The van der Waals surface area contributed by atoms with Crippen LogP contribution >= 0.6 is 0 Å². The molecule has 0 fully saturated rings. The number of hydrogen-bond acceptors (Lipinski definition) is 8. The molecule has 0 aliphatic heterocycles. The Morgan fingerprint density at radius 2 is 1.61 bits per heavy atom. The molecule has 178 valence electrons. The van der Waals surface area contributed by atoms with Crippen molar-refractivity contribution in [1.29, 1.82) is 0 Å². The second kappa shape index (κ2) is 15.8. The zero-order chi connectivity index (χ0) is 23.8. The number of carboxylic acid groups (broad SMARTS) is 1. The van der Waals surface area contributed by atoms with Crippen LogP contribution in [-0.2, 0) is 19.2 Å². The van der Waals surface area contributed by atoms with E-state index < -0.39 is 55.0 Å². The predicted octanol–water partition coefficient (Wildman–Crippen LogP) is -4.34. The molecule has 31 heavy (non-hydrogen) atoms. The van der Waals surface area contributed by atoms with Crippen LogP contribution in [-0.4, -0.2) is 84.2 Å². The van der Waals surface area contributed by atoms with Crippen molar-refractivity contribution in [2.24, 2.45) is 27.9 Å². The number of amides is 3. The number of aliphatic imine (C=N–C) groups is 1. The fraction of sp³-hybridized carbons (Fsp3) is 0.706. The van der Waals surface area contributed by atoms with Gasteiger partial charge < -0.3 is 49.1 Å². The smallest absolute Gasteiger partial charge is 0.328 e. The fourth-order valence-electron chi connectivity index (χ4n) is 2.41. The average Bonchev–Trinajstić information content (AvgIpc) is 2.71. The van der Waals surface area contributed by atoms with Gasteiger partial charge in [0.15, 0.2) is 5.96 Å². The van der Waals surface area contributed by atoms with Crippen molar-refractivity contribution in [1.82, 2.24) is 16.0 Å². The maximum Gasteiger partial charge on any atom is 0.328 e. The van der Waals surface area contributed by atoms with E-state index in [0.29, 0.717) is 25.8 Å². The highest BCUT2D eigenvalue weighted by molar-refractivity contribution is 5.92. The highest BCUT2D eigenvalue weighted by atomic mass is 16.4. The zero-order valence-corrected chi connectivity index (χ0v) is 17.4. The monoisotopic (exact) mass is 446 g/mol. The van der Waals surface area contributed by atoms with E-state index in [0.717, 1.165) is 6.42 Å². The number of hydrogen-bond donors (Lipinski definition) is 9. The molecule has 0 aliphatic carbocycles. The first kappa shape index (κ1) is 28.0. The van der Waals surface area contributed by atoms with Crippen molar-refractivity contribution in [2.45, 2.75) is 50.2 Å². The molecular formula is C17H34N8O6. The van der Waals surface area contributed by atoms with Crippen molar-refractivity contribution in [3.8, 4) is 0 Å². The lowest BCUT2D eigenvalue weighted by molar-refractivity contribution is -0.143. The highest BCUT2D eigenvalue weighted by Gasteiger charge is 2.26. The van der Waals surface area contributed by atoms with E-state index in [-0.39, 0.29) is 18.9 Å². The lowest BCUT2D eigenvalue weighted by Crippen LogP contribution is -2.54. The van der Waals surface area contributed by atoms with Crippen LogP contribution in [0.3, 0.4) is 0 Å². The number of aliphatic carboxylic acids is 1. The molecule has 0 aliphatic rings. The maximum absolute atomic E-state index is 12.4. The van der Waals surface area contributed by atoms with Gasteiger partial charge in [-0.25, -0.2) is 4.79 Å². The number of unbranched alkanes of at least 4 members (excludes halogenated alkanes) is 1. The Labute approximate surface area is 180 Å². The SMILES string of the molecule is NCCCCC(N)C(=O)NCC(=O)NC(CCCN=C(N)N)C(=O)NC(CO)C(=O)O. The van der Waals surface area contributed by atoms with Gasteiger partial charge >= 0.3 is 5.97 Å². The minimum absolute atomic E-state index is 0.0820. The lowest BCUT2D eigenvalue weighted by atomic mass is 10.1. The number of carboxylic acids is 1. The average molecular weight is 447 g/mol. The number of rotatable bonds is 16. The van der Waals surface area contributed by atoms with Crippen molar-refractivity contribution in [2.75, 3.05) is 26.2 Å². The third-order valence-electron chi connectivity index (χ3n) is 4.12. The molecule has 0 radical (unpaired) electrons. The Bertz CT molecular complexity index is 626. The quantitative estimate of drug-likeness (QED) is 0.0624. The van der Waals surface area contributed by atoms with Gasteiger partial charge in [0.1, 0.15) is 12.1 Å². The molecule has 0 aromatic rings. The van der Waals surface area contributed by atoms with Crippen molar-refractivity contribution in [3.05, 3.63) is 0 Å². The first-order valence-electron chi connectivity index (χ1n) is 9.84. The Morgan fingerprint density at radius 3 is 2.16 bits per heavy atom. The topological polar surface area (TPSA) is 261 Å². The van der Waals surface area contributed by atoms with Gasteiger partial charge in [0.25, 0.3) is 0 Å². The molecule has 0 spiro atoms. The van der Waals surface area contributed by atoms with E-state index in [2.05, 4.69) is 20.9 Å². The number of carbonyl (C=O) groups excluding carboxylic acids is 3. The number of guanidine groups is 1. The summed E-state index contributed by atoms with van der Waals surface area (Å²) in [6.07, 6.45) is 2.19. The summed E-state index contributed by atoms with van der Waals surface area (Å²) < 4.78 is 0. The van der Waals surface area contributed by atoms with Crippen LogP contribution in [0.4, 0.5) is 0 Å². The van der Waals surface area contributed by atoms with Gasteiger partial charge in [0.05, 0.1) is 19.2 Å². The fourth-order valence-corrected chi connectivity index (χ4v) is 2.41. The van der Waals surface area contributed by atoms with Crippen LogP contribution in [0.2, 0.25) is 0 Å². The van der Waals surface area contributed by atoms with E-state index in [4.69, 9.17) is 33.1 Å². The van der Waals surface area contributed by atoms with Crippen LogP contribution in [0.1, 0.15) is 32.1 Å². The van der Waals surface area contributed by atoms with E-state index in [1.54, 1.807) is 0 Å². The third kappa shape index (κ3) is 13.0. The minimum Gasteiger partial charge on any atom is -0.480 e. The van der Waals surface area contributed by atoms with Gasteiger partial charge in [-0.3, -0.25) is 19.4 Å². The Balaban J connectivity index is 4.82.